The summed E-state index contributed by atoms with van der Waals surface area (Å²) in [7, 11) is 0. The lowest BCUT2D eigenvalue weighted by Gasteiger charge is -2.26. The van der Waals surface area contributed by atoms with Crippen LogP contribution in [0, 0.1) is 0 Å². The van der Waals surface area contributed by atoms with E-state index < -0.39 is 17.7 Å². The molecule has 1 heterocycles. The van der Waals surface area contributed by atoms with Gasteiger partial charge < -0.3 is 10.0 Å². The number of carbonyl (C=O) groups is 2. The molecule has 1 saturated heterocycles. The molecule has 0 bridgehead atoms. The van der Waals surface area contributed by atoms with Crippen molar-refractivity contribution >= 4 is 40.7 Å². The van der Waals surface area contributed by atoms with Crippen molar-refractivity contribution in [2.45, 2.75) is 45.6 Å². The molecular weight excluding hydrogens is 421 g/mol. The first-order chi connectivity index (χ1) is 14.1. The lowest BCUT2D eigenvalue weighted by molar-refractivity contribution is -0.139. The third-order valence-corrected chi connectivity index (χ3v) is 6.03. The van der Waals surface area contributed by atoms with E-state index in [2.05, 4.69) is 20.8 Å². The first-order valence-electron chi connectivity index (χ1n) is 9.90. The molecule has 1 aliphatic rings. The van der Waals surface area contributed by atoms with Crippen molar-refractivity contribution < 1.29 is 14.7 Å². The number of nitrogens with zero attached hydrogens (tertiary/aromatic N) is 1. The summed E-state index contributed by atoms with van der Waals surface area (Å²) in [5, 5.41) is 11.6. The average molecular weight is 446 g/mol. The average Bonchev–Trinajstić information content (AvgIpc) is 2.94. The van der Waals surface area contributed by atoms with Crippen molar-refractivity contribution in [1.82, 2.24) is 4.90 Å². The summed E-state index contributed by atoms with van der Waals surface area (Å²) in [5.74, 6) is -1.56. The Hall–Kier alpha value is -2.30. The Labute approximate surface area is 187 Å². The van der Waals surface area contributed by atoms with Crippen molar-refractivity contribution in [3.8, 4) is 0 Å². The molecule has 1 amide bonds. The number of amides is 1. The van der Waals surface area contributed by atoms with E-state index in [9.17, 15) is 14.7 Å². The number of aliphatic hydroxyl groups excluding tert-OH is 1. The molecule has 1 fully saturated rings. The fourth-order valence-corrected chi connectivity index (χ4v) is 3.96. The maximum Gasteiger partial charge on any atom is 0.295 e. The number of carbonyl (C=O) groups excluding carboxylic acids is 2. The van der Waals surface area contributed by atoms with Crippen molar-refractivity contribution in [1.29, 1.82) is 0 Å². The van der Waals surface area contributed by atoms with Crippen molar-refractivity contribution in [2.24, 2.45) is 0 Å². The fraction of sp³-hybridized carbons (Fsp3) is 0.333. The van der Waals surface area contributed by atoms with E-state index >= 15 is 0 Å². The fourth-order valence-electron chi connectivity index (χ4n) is 3.66. The highest BCUT2D eigenvalue weighted by Crippen LogP contribution is 2.40. The van der Waals surface area contributed by atoms with Crippen LogP contribution in [0.5, 0.6) is 0 Å². The molecule has 0 saturated carbocycles. The van der Waals surface area contributed by atoms with Crippen LogP contribution in [0.25, 0.3) is 5.76 Å². The maximum atomic E-state index is 12.9. The highest BCUT2D eigenvalue weighted by atomic mass is 35.5. The summed E-state index contributed by atoms with van der Waals surface area (Å²) in [6.45, 7) is 8.72. The first kappa shape index (κ1) is 22.4. The van der Waals surface area contributed by atoms with Gasteiger partial charge in [-0.15, -0.1) is 0 Å². The zero-order chi connectivity index (χ0) is 22.2. The third-order valence-electron chi connectivity index (χ3n) is 5.29. The lowest BCUT2D eigenvalue weighted by Crippen LogP contribution is -2.30. The Morgan fingerprint density at radius 3 is 2.20 bits per heavy atom. The molecule has 30 heavy (non-hydrogen) atoms. The topological polar surface area (TPSA) is 57.6 Å². The Morgan fingerprint density at radius 1 is 1.03 bits per heavy atom. The molecule has 1 aliphatic heterocycles. The van der Waals surface area contributed by atoms with Crippen molar-refractivity contribution in [3.05, 3.63) is 74.8 Å². The summed E-state index contributed by atoms with van der Waals surface area (Å²) >= 11 is 12.1. The number of Topliss-reactive ketones (excluding diaryl/α,β-unsaturated/α-hetero) is 1. The molecule has 0 aliphatic carbocycles. The molecule has 0 aromatic heterocycles. The van der Waals surface area contributed by atoms with E-state index in [4.69, 9.17) is 23.2 Å². The predicted molar refractivity (Wildman–Crippen MR) is 121 cm³/mol. The van der Waals surface area contributed by atoms with Gasteiger partial charge >= 0.3 is 0 Å². The van der Waals surface area contributed by atoms with Gasteiger partial charge in [0.2, 0.25) is 0 Å². The molecule has 4 nitrogen and oxygen atoms in total. The monoisotopic (exact) mass is 445 g/mol. The van der Waals surface area contributed by atoms with Crippen LogP contribution in [-0.2, 0) is 15.0 Å². The van der Waals surface area contributed by atoms with E-state index in [1.165, 1.54) is 11.0 Å². The van der Waals surface area contributed by atoms with Gasteiger partial charge in [-0.05, 0) is 41.2 Å². The van der Waals surface area contributed by atoms with Gasteiger partial charge in [-0.25, -0.2) is 0 Å². The van der Waals surface area contributed by atoms with Crippen molar-refractivity contribution in [3.63, 3.8) is 0 Å². The Balaban J connectivity index is 2.17. The van der Waals surface area contributed by atoms with E-state index in [0.717, 1.165) is 11.1 Å². The normalized spacial score (nSPS) is 18.9. The molecule has 1 N–H and O–H groups in total. The van der Waals surface area contributed by atoms with Crippen LogP contribution < -0.4 is 0 Å². The molecular formula is C24H25Cl2NO3. The SMILES string of the molecule is CCCN1C(=O)C(=O)/C(=C(\O)c2ccc(Cl)c(Cl)c2)C1c1ccc(C(C)(C)C)cc1. The van der Waals surface area contributed by atoms with Crippen LogP contribution in [0.1, 0.15) is 56.8 Å². The molecule has 0 spiro atoms. The minimum Gasteiger partial charge on any atom is -0.507 e. The van der Waals surface area contributed by atoms with Gasteiger partial charge in [-0.2, -0.15) is 0 Å². The van der Waals surface area contributed by atoms with Gasteiger partial charge in [0.1, 0.15) is 5.76 Å². The summed E-state index contributed by atoms with van der Waals surface area (Å²) in [6, 6.07) is 11.8. The molecule has 0 radical (unpaired) electrons. The minimum atomic E-state index is -0.697. The number of rotatable bonds is 4. The van der Waals surface area contributed by atoms with Crippen LogP contribution in [0.2, 0.25) is 10.0 Å². The highest BCUT2D eigenvalue weighted by molar-refractivity contribution is 6.46. The maximum absolute atomic E-state index is 12.9. The van der Waals surface area contributed by atoms with E-state index in [1.807, 2.05) is 31.2 Å². The zero-order valence-electron chi connectivity index (χ0n) is 17.5. The van der Waals surface area contributed by atoms with Gasteiger partial charge in [0.25, 0.3) is 11.7 Å². The number of halogens is 2. The third kappa shape index (κ3) is 4.12. The largest absolute Gasteiger partial charge is 0.507 e. The smallest absolute Gasteiger partial charge is 0.295 e. The van der Waals surface area contributed by atoms with Crippen molar-refractivity contribution in [2.75, 3.05) is 6.54 Å². The number of hydrogen-bond donors (Lipinski definition) is 1. The molecule has 2 aromatic carbocycles. The summed E-state index contributed by atoms with van der Waals surface area (Å²) in [6.07, 6.45) is 0.691. The quantitative estimate of drug-likeness (QED) is 0.350. The second-order valence-corrected chi connectivity index (χ2v) is 9.31. The zero-order valence-corrected chi connectivity index (χ0v) is 19.0. The van der Waals surface area contributed by atoms with Gasteiger partial charge in [0.15, 0.2) is 0 Å². The molecule has 2 aromatic rings. The Kier molecular flexibility index (Phi) is 6.30. The lowest BCUT2D eigenvalue weighted by atomic mass is 9.85. The number of benzene rings is 2. The van der Waals surface area contributed by atoms with Crippen LogP contribution in [0.4, 0.5) is 0 Å². The number of ketones is 1. The second-order valence-electron chi connectivity index (χ2n) is 8.49. The van der Waals surface area contributed by atoms with Gasteiger partial charge in [0.05, 0.1) is 21.7 Å². The van der Waals surface area contributed by atoms with Gasteiger partial charge in [-0.1, -0.05) is 75.2 Å². The summed E-state index contributed by atoms with van der Waals surface area (Å²) in [5.41, 5.74) is 2.30. The summed E-state index contributed by atoms with van der Waals surface area (Å²) in [4.78, 5) is 27.2. The molecule has 1 atom stereocenters. The predicted octanol–water partition coefficient (Wildman–Crippen LogP) is 6.12. The molecule has 3 rings (SSSR count). The standard InChI is InChI=1S/C24H25Cl2NO3/c1-5-12-27-20(14-6-9-16(10-7-14)24(2,3)4)19(22(29)23(27)30)21(28)15-8-11-17(25)18(26)13-15/h6-11,13,20,28H,5,12H2,1-4H3/b21-19-. The van der Waals surface area contributed by atoms with Crippen LogP contribution >= 0.6 is 23.2 Å². The van der Waals surface area contributed by atoms with Gasteiger partial charge in [-0.3, -0.25) is 9.59 Å². The number of likely N-dealkylation sites (tertiary alicyclic amines) is 1. The van der Waals surface area contributed by atoms with Crippen LogP contribution in [0.15, 0.2) is 48.0 Å². The number of hydrogen-bond acceptors (Lipinski definition) is 3. The molecule has 1 unspecified atom stereocenters. The van der Waals surface area contributed by atoms with Crippen LogP contribution in [-0.4, -0.2) is 28.2 Å². The van der Waals surface area contributed by atoms with E-state index in [0.29, 0.717) is 23.6 Å². The molecule has 6 heteroatoms. The Morgan fingerprint density at radius 2 is 1.67 bits per heavy atom. The van der Waals surface area contributed by atoms with E-state index in [-0.39, 0.29) is 21.8 Å². The van der Waals surface area contributed by atoms with E-state index in [1.54, 1.807) is 12.1 Å². The second kappa shape index (κ2) is 8.44. The molecule has 158 valence electrons. The van der Waals surface area contributed by atoms with Crippen LogP contribution in [0.3, 0.4) is 0 Å². The summed E-state index contributed by atoms with van der Waals surface area (Å²) < 4.78 is 0. The Bertz CT molecular complexity index is 1020. The minimum absolute atomic E-state index is 0.0240. The highest BCUT2D eigenvalue weighted by Gasteiger charge is 2.45. The number of aliphatic hydroxyl groups is 1. The first-order valence-corrected chi connectivity index (χ1v) is 10.7. The van der Waals surface area contributed by atoms with Gasteiger partial charge in [0, 0.05) is 12.1 Å².